The van der Waals surface area contributed by atoms with Crippen LogP contribution >= 0.6 is 0 Å². The highest BCUT2D eigenvalue weighted by Gasteiger charge is 2.30. The standard InChI is InChI=1S/C14H16N2O/c1-15-13(11-12-7-3-2-4-8-12)14(17)16-9-5-6-10-16/h2-4,7-8,13H,5-6,9-11H2/t13-/m1/s1. The molecule has 1 atom stereocenters. The SMILES string of the molecule is [C-]#[N+][C@H](Cc1ccccc1)C(=O)N1CCCC1. The van der Waals surface area contributed by atoms with Crippen molar-refractivity contribution in [1.82, 2.24) is 4.90 Å². The van der Waals surface area contributed by atoms with Gasteiger partial charge in [-0.2, -0.15) is 0 Å². The molecule has 1 amide bonds. The van der Waals surface area contributed by atoms with E-state index in [1.54, 1.807) is 0 Å². The zero-order chi connectivity index (χ0) is 12.1. The van der Waals surface area contributed by atoms with Crippen molar-refractivity contribution in [2.24, 2.45) is 0 Å². The van der Waals surface area contributed by atoms with Crippen molar-refractivity contribution in [2.75, 3.05) is 13.1 Å². The van der Waals surface area contributed by atoms with Gasteiger partial charge in [0.15, 0.2) is 0 Å². The molecule has 2 rings (SSSR count). The summed E-state index contributed by atoms with van der Waals surface area (Å²) in [5.74, 6) is 0.00125. The number of amides is 1. The molecular weight excluding hydrogens is 212 g/mol. The first-order chi connectivity index (χ1) is 8.31. The minimum Gasteiger partial charge on any atom is -0.336 e. The summed E-state index contributed by atoms with van der Waals surface area (Å²) in [6.07, 6.45) is 2.67. The summed E-state index contributed by atoms with van der Waals surface area (Å²) in [6.45, 7) is 8.82. The fraction of sp³-hybridized carbons (Fsp3) is 0.429. The Morgan fingerprint density at radius 2 is 1.94 bits per heavy atom. The van der Waals surface area contributed by atoms with Gasteiger partial charge in [0.1, 0.15) is 0 Å². The van der Waals surface area contributed by atoms with Crippen molar-refractivity contribution in [3.63, 3.8) is 0 Å². The molecule has 1 saturated heterocycles. The average Bonchev–Trinajstić information content (AvgIpc) is 2.90. The summed E-state index contributed by atoms with van der Waals surface area (Å²) in [5, 5.41) is 0. The second-order valence-corrected chi connectivity index (χ2v) is 4.37. The van der Waals surface area contributed by atoms with E-state index in [9.17, 15) is 4.79 Å². The first-order valence-electron chi connectivity index (χ1n) is 6.00. The van der Waals surface area contributed by atoms with Crippen LogP contribution < -0.4 is 0 Å². The molecule has 0 spiro atoms. The number of likely N-dealkylation sites (tertiary alicyclic amines) is 1. The van der Waals surface area contributed by atoms with Crippen molar-refractivity contribution >= 4 is 5.91 Å². The minimum atomic E-state index is -0.546. The molecule has 88 valence electrons. The predicted molar refractivity (Wildman–Crippen MR) is 66.4 cm³/mol. The number of nitrogens with zero attached hydrogens (tertiary/aromatic N) is 2. The van der Waals surface area contributed by atoms with Crippen LogP contribution in [0, 0.1) is 6.57 Å². The fourth-order valence-corrected chi connectivity index (χ4v) is 2.17. The molecule has 1 aromatic rings. The van der Waals surface area contributed by atoms with Crippen LogP contribution in [0.5, 0.6) is 0 Å². The first kappa shape index (κ1) is 11.7. The van der Waals surface area contributed by atoms with Gasteiger partial charge in [0.05, 0.1) is 6.42 Å². The van der Waals surface area contributed by atoms with Gasteiger partial charge in [-0.15, -0.1) is 0 Å². The van der Waals surface area contributed by atoms with Gasteiger partial charge in [-0.1, -0.05) is 30.3 Å². The molecule has 17 heavy (non-hydrogen) atoms. The molecule has 0 radical (unpaired) electrons. The van der Waals surface area contributed by atoms with Crippen LogP contribution in [0.15, 0.2) is 30.3 Å². The van der Waals surface area contributed by atoms with Gasteiger partial charge in [-0.25, -0.2) is 6.57 Å². The molecule has 0 unspecified atom stereocenters. The van der Waals surface area contributed by atoms with E-state index in [4.69, 9.17) is 6.57 Å². The molecule has 1 heterocycles. The molecule has 0 saturated carbocycles. The maximum Gasteiger partial charge on any atom is 0.306 e. The number of hydrogen-bond acceptors (Lipinski definition) is 1. The van der Waals surface area contributed by atoms with Crippen molar-refractivity contribution < 1.29 is 4.79 Å². The molecule has 1 aromatic carbocycles. The first-order valence-corrected chi connectivity index (χ1v) is 6.00. The van der Waals surface area contributed by atoms with Crippen molar-refractivity contribution in [3.05, 3.63) is 47.3 Å². The number of carbonyl (C=O) groups excluding carboxylic acids is 1. The summed E-state index contributed by atoms with van der Waals surface area (Å²) in [7, 11) is 0. The van der Waals surface area contributed by atoms with Gasteiger partial charge >= 0.3 is 11.9 Å². The smallest absolute Gasteiger partial charge is 0.306 e. The second kappa shape index (κ2) is 5.49. The fourth-order valence-electron chi connectivity index (χ4n) is 2.17. The Kier molecular flexibility index (Phi) is 3.77. The van der Waals surface area contributed by atoms with E-state index in [1.807, 2.05) is 35.2 Å². The topological polar surface area (TPSA) is 24.7 Å². The third-order valence-corrected chi connectivity index (χ3v) is 3.13. The Bertz CT molecular complexity index is 416. The van der Waals surface area contributed by atoms with Crippen molar-refractivity contribution in [3.8, 4) is 0 Å². The van der Waals surface area contributed by atoms with Gasteiger partial charge in [0.2, 0.25) is 0 Å². The Labute approximate surface area is 102 Å². The van der Waals surface area contributed by atoms with E-state index in [2.05, 4.69) is 4.85 Å². The zero-order valence-corrected chi connectivity index (χ0v) is 9.80. The molecule has 1 fully saturated rings. The van der Waals surface area contributed by atoms with E-state index >= 15 is 0 Å². The third-order valence-electron chi connectivity index (χ3n) is 3.13. The lowest BCUT2D eigenvalue weighted by Gasteiger charge is -2.16. The largest absolute Gasteiger partial charge is 0.336 e. The van der Waals surface area contributed by atoms with Crippen LogP contribution in [0.4, 0.5) is 0 Å². The quantitative estimate of drug-likeness (QED) is 0.727. The lowest BCUT2D eigenvalue weighted by Crippen LogP contribution is -2.36. The number of benzene rings is 1. The molecular formula is C14H16N2O. The van der Waals surface area contributed by atoms with Crippen molar-refractivity contribution in [1.29, 1.82) is 0 Å². The maximum atomic E-state index is 12.1. The molecule has 1 aliphatic rings. The van der Waals surface area contributed by atoms with Gasteiger partial charge in [0.25, 0.3) is 0 Å². The van der Waals surface area contributed by atoms with Crippen LogP contribution in [-0.4, -0.2) is 29.9 Å². The third kappa shape index (κ3) is 2.85. The van der Waals surface area contributed by atoms with Crippen LogP contribution in [0.3, 0.4) is 0 Å². The number of carbonyl (C=O) groups is 1. The highest BCUT2D eigenvalue weighted by atomic mass is 16.2. The second-order valence-electron chi connectivity index (χ2n) is 4.37. The Morgan fingerprint density at radius 1 is 1.29 bits per heavy atom. The highest BCUT2D eigenvalue weighted by molar-refractivity contribution is 5.84. The minimum absolute atomic E-state index is 0.00125. The Morgan fingerprint density at radius 3 is 2.53 bits per heavy atom. The van der Waals surface area contributed by atoms with E-state index < -0.39 is 6.04 Å². The van der Waals surface area contributed by atoms with Gasteiger partial charge in [0, 0.05) is 13.1 Å². The van der Waals surface area contributed by atoms with E-state index in [1.165, 1.54) is 0 Å². The summed E-state index contributed by atoms with van der Waals surface area (Å²) in [6, 6.07) is 9.21. The summed E-state index contributed by atoms with van der Waals surface area (Å²) >= 11 is 0. The molecule has 1 aliphatic heterocycles. The Hall–Kier alpha value is -1.82. The van der Waals surface area contributed by atoms with Gasteiger partial charge in [-0.3, -0.25) is 4.79 Å². The normalized spacial score (nSPS) is 16.5. The maximum absolute atomic E-state index is 12.1. The monoisotopic (exact) mass is 228 g/mol. The predicted octanol–water partition coefficient (Wildman–Crippen LogP) is 2.14. The molecule has 3 heteroatoms. The van der Waals surface area contributed by atoms with Crippen LogP contribution in [0.1, 0.15) is 18.4 Å². The zero-order valence-electron chi connectivity index (χ0n) is 9.80. The Balaban J connectivity index is 2.02. The van der Waals surface area contributed by atoms with Crippen molar-refractivity contribution in [2.45, 2.75) is 25.3 Å². The van der Waals surface area contributed by atoms with E-state index in [0.29, 0.717) is 6.42 Å². The molecule has 0 bridgehead atoms. The van der Waals surface area contributed by atoms with E-state index in [-0.39, 0.29) is 5.91 Å². The summed E-state index contributed by atoms with van der Waals surface area (Å²) in [5.41, 5.74) is 1.06. The lowest BCUT2D eigenvalue weighted by atomic mass is 10.1. The van der Waals surface area contributed by atoms with Crippen LogP contribution in [0.25, 0.3) is 4.85 Å². The molecule has 0 aliphatic carbocycles. The van der Waals surface area contributed by atoms with Crippen LogP contribution in [0.2, 0.25) is 0 Å². The number of rotatable bonds is 3. The van der Waals surface area contributed by atoms with Crippen LogP contribution in [-0.2, 0) is 11.2 Å². The molecule has 3 nitrogen and oxygen atoms in total. The highest BCUT2D eigenvalue weighted by Crippen LogP contribution is 2.13. The van der Waals surface area contributed by atoms with E-state index in [0.717, 1.165) is 31.5 Å². The van der Waals surface area contributed by atoms with Gasteiger partial charge < -0.3 is 9.74 Å². The summed E-state index contributed by atoms with van der Waals surface area (Å²) < 4.78 is 0. The molecule has 0 aromatic heterocycles. The van der Waals surface area contributed by atoms with Gasteiger partial charge in [-0.05, 0) is 18.4 Å². The summed E-state index contributed by atoms with van der Waals surface area (Å²) in [4.78, 5) is 17.4. The molecule has 0 N–H and O–H groups in total. The lowest BCUT2D eigenvalue weighted by molar-refractivity contribution is -0.130. The number of hydrogen-bond donors (Lipinski definition) is 0. The average molecular weight is 228 g/mol.